The van der Waals surface area contributed by atoms with Gasteiger partial charge in [-0.1, -0.05) is 12.1 Å². The average Bonchev–Trinajstić information content (AvgIpc) is 3.23. The number of carbonyl (C=O) groups excluding carboxylic acids is 1. The number of para-hydroxylation sites is 1. The molecule has 1 N–H and O–H groups in total. The second-order valence-corrected chi connectivity index (χ2v) is 6.42. The van der Waals surface area contributed by atoms with E-state index in [1.54, 1.807) is 31.2 Å². The van der Waals surface area contributed by atoms with Gasteiger partial charge < -0.3 is 14.2 Å². The lowest BCUT2D eigenvalue weighted by Gasteiger charge is -2.06. The lowest BCUT2D eigenvalue weighted by atomic mass is 10.2. The largest absolute Gasteiger partial charge is 0.448 e. The fraction of sp³-hybridized carbons (Fsp3) is 0.100. The number of aromatic nitrogens is 3. The number of fused-ring (bicyclic) bond motifs is 4. The third-order valence-corrected chi connectivity index (χ3v) is 4.44. The Morgan fingerprint density at radius 2 is 2.00 bits per heavy atom. The number of hydrogen-bond acceptors (Lipinski definition) is 6. The predicted molar refractivity (Wildman–Crippen MR) is 103 cm³/mol. The van der Waals surface area contributed by atoms with Crippen molar-refractivity contribution in [2.75, 3.05) is 5.32 Å². The molecule has 5 aromatic rings. The van der Waals surface area contributed by atoms with Crippen molar-refractivity contribution in [1.29, 1.82) is 0 Å². The Labute approximate surface area is 157 Å². The molecule has 5 rings (SSSR count). The number of nitrogens with zero attached hydrogens (tertiary/aromatic N) is 3. The van der Waals surface area contributed by atoms with Gasteiger partial charge in [0.25, 0.3) is 5.56 Å². The van der Waals surface area contributed by atoms with E-state index < -0.39 is 5.56 Å². The number of benzene rings is 2. The molecular formula is C20H14N4O4. The number of rotatable bonds is 3. The van der Waals surface area contributed by atoms with E-state index in [1.165, 1.54) is 10.9 Å². The van der Waals surface area contributed by atoms with Gasteiger partial charge in [0.1, 0.15) is 23.2 Å². The third kappa shape index (κ3) is 2.62. The zero-order valence-electron chi connectivity index (χ0n) is 14.8. The molecule has 28 heavy (non-hydrogen) atoms. The van der Waals surface area contributed by atoms with Crippen molar-refractivity contribution in [3.63, 3.8) is 0 Å². The fourth-order valence-corrected chi connectivity index (χ4v) is 3.20. The molecule has 0 aliphatic rings. The smallest absolute Gasteiger partial charge is 0.297 e. The minimum Gasteiger partial charge on any atom is -0.448 e. The Bertz CT molecular complexity index is 1430. The van der Waals surface area contributed by atoms with Gasteiger partial charge in [-0.05, 0) is 30.3 Å². The van der Waals surface area contributed by atoms with Gasteiger partial charge >= 0.3 is 0 Å². The second kappa shape index (κ2) is 6.05. The van der Waals surface area contributed by atoms with Crippen molar-refractivity contribution in [1.82, 2.24) is 14.5 Å². The van der Waals surface area contributed by atoms with Gasteiger partial charge in [-0.3, -0.25) is 14.2 Å². The van der Waals surface area contributed by atoms with Gasteiger partial charge in [0, 0.05) is 18.0 Å². The van der Waals surface area contributed by atoms with Crippen LogP contribution in [-0.4, -0.2) is 20.4 Å². The van der Waals surface area contributed by atoms with Crippen LogP contribution in [0.1, 0.15) is 5.89 Å². The molecule has 0 bridgehead atoms. The number of amides is 1. The molecule has 0 radical (unpaired) electrons. The van der Waals surface area contributed by atoms with Crippen LogP contribution in [-0.2, 0) is 11.3 Å². The topological polar surface area (TPSA) is 103 Å². The van der Waals surface area contributed by atoms with E-state index in [0.29, 0.717) is 33.8 Å². The van der Waals surface area contributed by atoms with Crippen LogP contribution in [0, 0.1) is 6.92 Å². The fourth-order valence-electron chi connectivity index (χ4n) is 3.20. The van der Waals surface area contributed by atoms with Crippen molar-refractivity contribution in [2.45, 2.75) is 13.5 Å². The molecule has 0 saturated carbocycles. The average molecular weight is 374 g/mol. The van der Waals surface area contributed by atoms with Crippen LogP contribution >= 0.6 is 0 Å². The highest BCUT2D eigenvalue weighted by molar-refractivity contribution is 6.01. The molecule has 0 aliphatic carbocycles. The Morgan fingerprint density at radius 1 is 1.14 bits per heavy atom. The van der Waals surface area contributed by atoms with Crippen LogP contribution in [0.2, 0.25) is 0 Å². The number of anilines is 1. The molecule has 3 heterocycles. The maximum atomic E-state index is 12.7. The molecule has 8 nitrogen and oxygen atoms in total. The van der Waals surface area contributed by atoms with Crippen LogP contribution in [0.3, 0.4) is 0 Å². The molecule has 0 spiro atoms. The van der Waals surface area contributed by atoms with Gasteiger partial charge in [-0.25, -0.2) is 9.97 Å². The van der Waals surface area contributed by atoms with Crippen LogP contribution in [0.25, 0.3) is 33.2 Å². The Balaban J connectivity index is 1.43. The monoisotopic (exact) mass is 374 g/mol. The van der Waals surface area contributed by atoms with Crippen LogP contribution < -0.4 is 10.9 Å². The van der Waals surface area contributed by atoms with E-state index in [9.17, 15) is 9.59 Å². The van der Waals surface area contributed by atoms with Crippen molar-refractivity contribution in [2.24, 2.45) is 0 Å². The summed E-state index contributed by atoms with van der Waals surface area (Å²) in [7, 11) is 0. The van der Waals surface area contributed by atoms with E-state index in [1.807, 2.05) is 18.2 Å². The first kappa shape index (κ1) is 16.2. The van der Waals surface area contributed by atoms with Gasteiger partial charge in [0.05, 0.1) is 6.33 Å². The van der Waals surface area contributed by atoms with Gasteiger partial charge in [-0.15, -0.1) is 0 Å². The molecule has 138 valence electrons. The molecule has 0 unspecified atom stereocenters. The van der Waals surface area contributed by atoms with Crippen LogP contribution in [0.15, 0.2) is 62.4 Å². The first-order valence-corrected chi connectivity index (χ1v) is 8.62. The van der Waals surface area contributed by atoms with E-state index in [0.717, 1.165) is 5.39 Å². The third-order valence-electron chi connectivity index (χ3n) is 4.44. The van der Waals surface area contributed by atoms with Gasteiger partial charge in [-0.2, -0.15) is 0 Å². The lowest BCUT2D eigenvalue weighted by molar-refractivity contribution is -0.116. The molecule has 1 amide bonds. The summed E-state index contributed by atoms with van der Waals surface area (Å²) in [6.07, 6.45) is 1.36. The summed E-state index contributed by atoms with van der Waals surface area (Å²) in [5.74, 6) is 0.189. The highest BCUT2D eigenvalue weighted by Gasteiger charge is 2.15. The van der Waals surface area contributed by atoms with E-state index >= 15 is 0 Å². The number of hydrogen-bond donors (Lipinski definition) is 1. The highest BCUT2D eigenvalue weighted by Crippen LogP contribution is 2.24. The number of carbonyl (C=O) groups is 1. The predicted octanol–water partition coefficient (Wildman–Crippen LogP) is 3.23. The first-order chi connectivity index (χ1) is 13.6. The highest BCUT2D eigenvalue weighted by atomic mass is 16.3. The van der Waals surface area contributed by atoms with E-state index in [2.05, 4.69) is 15.3 Å². The van der Waals surface area contributed by atoms with E-state index in [-0.39, 0.29) is 18.0 Å². The zero-order valence-corrected chi connectivity index (χ0v) is 14.8. The van der Waals surface area contributed by atoms with E-state index in [4.69, 9.17) is 8.83 Å². The summed E-state index contributed by atoms with van der Waals surface area (Å²) in [6, 6.07) is 12.5. The van der Waals surface area contributed by atoms with Crippen molar-refractivity contribution in [3.05, 3.63) is 65.0 Å². The quantitative estimate of drug-likeness (QED) is 0.520. The molecular weight excluding hydrogens is 360 g/mol. The molecule has 0 atom stereocenters. The van der Waals surface area contributed by atoms with Crippen molar-refractivity contribution >= 4 is 44.8 Å². The van der Waals surface area contributed by atoms with Gasteiger partial charge in [0.2, 0.25) is 11.5 Å². The zero-order chi connectivity index (χ0) is 19.3. The van der Waals surface area contributed by atoms with Crippen molar-refractivity contribution < 1.29 is 13.6 Å². The Morgan fingerprint density at radius 3 is 2.89 bits per heavy atom. The minimum atomic E-state index is -0.404. The molecule has 0 saturated heterocycles. The second-order valence-electron chi connectivity index (χ2n) is 6.42. The van der Waals surface area contributed by atoms with Gasteiger partial charge in [0.15, 0.2) is 11.5 Å². The Hall–Kier alpha value is -3.94. The molecule has 3 aromatic heterocycles. The molecule has 8 heteroatoms. The number of nitrogens with one attached hydrogen (secondary N) is 1. The number of aryl methyl sites for hydroxylation is 1. The standard InChI is InChI=1S/C20H14N4O4/c1-11-22-14-8-12(6-7-16(14)27-11)23-17(25)9-24-10-21-18-13-4-2-3-5-15(13)28-19(18)20(24)26/h2-8,10H,9H2,1H3,(H,23,25). The van der Waals surface area contributed by atoms with Crippen LogP contribution in [0.4, 0.5) is 5.69 Å². The lowest BCUT2D eigenvalue weighted by Crippen LogP contribution is -2.27. The first-order valence-electron chi connectivity index (χ1n) is 8.62. The summed E-state index contributed by atoms with van der Waals surface area (Å²) in [5, 5.41) is 3.52. The maximum Gasteiger partial charge on any atom is 0.297 e. The summed E-state index contributed by atoms with van der Waals surface area (Å²) in [4.78, 5) is 33.6. The van der Waals surface area contributed by atoms with Crippen molar-refractivity contribution in [3.8, 4) is 0 Å². The summed E-state index contributed by atoms with van der Waals surface area (Å²) < 4.78 is 12.3. The molecule has 2 aromatic carbocycles. The molecule has 0 aliphatic heterocycles. The summed E-state index contributed by atoms with van der Waals surface area (Å²) in [5.41, 5.74) is 2.67. The summed E-state index contributed by atoms with van der Waals surface area (Å²) in [6.45, 7) is 1.57. The number of oxazole rings is 1. The normalized spacial score (nSPS) is 11.5. The molecule has 0 fully saturated rings. The summed E-state index contributed by atoms with van der Waals surface area (Å²) >= 11 is 0. The maximum absolute atomic E-state index is 12.7. The minimum absolute atomic E-state index is 0.135. The Kier molecular flexibility index (Phi) is 3.51. The SMILES string of the molecule is Cc1nc2cc(NC(=O)Cn3cnc4c(oc5ccccc54)c3=O)ccc2o1. The van der Waals surface area contributed by atoms with Crippen LogP contribution in [0.5, 0.6) is 0 Å². The number of furan rings is 1.